The number of rotatable bonds is 2. The van der Waals surface area contributed by atoms with Crippen LogP contribution in [0.5, 0.6) is 0 Å². The third-order valence-corrected chi connectivity index (χ3v) is 10.8. The summed E-state index contributed by atoms with van der Waals surface area (Å²) < 4.78 is 0. The van der Waals surface area contributed by atoms with E-state index in [1.54, 1.807) is 6.20 Å². The van der Waals surface area contributed by atoms with Crippen molar-refractivity contribution in [3.63, 3.8) is 0 Å². The normalized spacial score (nSPS) is 13.5. The van der Waals surface area contributed by atoms with Crippen molar-refractivity contribution in [2.75, 3.05) is 0 Å². The van der Waals surface area contributed by atoms with Gasteiger partial charge in [-0.2, -0.15) is 0 Å². The van der Waals surface area contributed by atoms with E-state index in [1.165, 1.54) is 55.3 Å². The molecule has 226 valence electrons. The molecular weight excluding hydrogens is 595 g/mol. The minimum absolute atomic E-state index is 0.387. The third kappa shape index (κ3) is 3.49. The molecule has 11 rings (SSSR count). The average molecular weight is 622 g/mol. The summed E-state index contributed by atoms with van der Waals surface area (Å²) in [7, 11) is 0. The zero-order chi connectivity index (χ0) is 32.1. The van der Waals surface area contributed by atoms with Crippen LogP contribution in [-0.4, -0.2) is 15.0 Å². The van der Waals surface area contributed by atoms with Gasteiger partial charge in [-0.05, 0) is 68.8 Å². The molecule has 6 aromatic carbocycles. The lowest BCUT2D eigenvalue weighted by Gasteiger charge is -2.30. The maximum atomic E-state index is 5.34. The molecule has 0 atom stereocenters. The zero-order valence-electron chi connectivity index (χ0n) is 26.4. The Balaban J connectivity index is 1.19. The van der Waals surface area contributed by atoms with Crippen molar-refractivity contribution < 1.29 is 0 Å². The fourth-order valence-corrected chi connectivity index (χ4v) is 8.77. The molecule has 0 amide bonds. The second kappa shape index (κ2) is 9.79. The molecule has 2 aliphatic carbocycles. The Morgan fingerprint density at radius 1 is 0.429 bits per heavy atom. The number of benzene rings is 6. The monoisotopic (exact) mass is 621 g/mol. The van der Waals surface area contributed by atoms with Crippen molar-refractivity contribution in [2.45, 2.75) is 5.41 Å². The number of nitrogens with zero attached hydrogens (tertiary/aromatic N) is 3. The predicted octanol–water partition coefficient (Wildman–Crippen LogP) is 11.0. The molecule has 1 spiro atoms. The summed E-state index contributed by atoms with van der Waals surface area (Å²) in [6.07, 6.45) is 3.65. The van der Waals surface area contributed by atoms with Crippen LogP contribution in [0.1, 0.15) is 22.3 Å². The smallest absolute Gasteiger partial charge is 0.0788 e. The Hall–Kier alpha value is -6.45. The summed E-state index contributed by atoms with van der Waals surface area (Å²) in [5.74, 6) is 0. The molecule has 0 bridgehead atoms. The number of para-hydroxylation sites is 1. The molecule has 3 nitrogen and oxygen atoms in total. The fourth-order valence-electron chi connectivity index (χ4n) is 8.77. The van der Waals surface area contributed by atoms with Gasteiger partial charge in [0.25, 0.3) is 0 Å². The Labute approximate surface area is 283 Å². The number of hydrogen-bond donors (Lipinski definition) is 0. The fraction of sp³-hybridized carbons (Fsp3) is 0.0217. The summed E-state index contributed by atoms with van der Waals surface area (Å²) in [5, 5.41) is 4.64. The maximum Gasteiger partial charge on any atom is 0.0788 e. The lowest BCUT2D eigenvalue weighted by Crippen LogP contribution is -2.25. The first-order chi connectivity index (χ1) is 24.3. The van der Waals surface area contributed by atoms with Crippen LogP contribution in [0.15, 0.2) is 164 Å². The van der Waals surface area contributed by atoms with Crippen molar-refractivity contribution in [3.8, 4) is 44.8 Å². The number of aromatic nitrogens is 3. The number of hydrogen-bond acceptors (Lipinski definition) is 3. The molecule has 9 aromatic rings. The minimum atomic E-state index is -0.387. The minimum Gasteiger partial charge on any atom is -0.264 e. The van der Waals surface area contributed by atoms with E-state index in [0.717, 1.165) is 44.3 Å². The molecule has 0 unspecified atom stereocenters. The van der Waals surface area contributed by atoms with Crippen molar-refractivity contribution in [1.82, 2.24) is 15.0 Å². The van der Waals surface area contributed by atoms with E-state index in [4.69, 9.17) is 9.97 Å². The first-order valence-electron chi connectivity index (χ1n) is 16.8. The van der Waals surface area contributed by atoms with Gasteiger partial charge in [0.15, 0.2) is 0 Å². The molecular formula is C46H27N3. The standard InChI is InChI=1S/C46H27N3/c1-5-13-36-31(9-1)32-10-2-6-14-37(32)46(36)38-15-7-3-11-33(38)44-39(46)23-22-35-43(44)34-12-4-8-16-42(34)49-45(35)29-19-17-28(18-20-29)40-24-21-30-27-47-26-25-41(30)48-40/h1-27H. The van der Waals surface area contributed by atoms with Crippen LogP contribution in [0, 0.1) is 0 Å². The third-order valence-electron chi connectivity index (χ3n) is 10.8. The molecule has 0 aliphatic heterocycles. The molecule has 3 heterocycles. The van der Waals surface area contributed by atoms with E-state index >= 15 is 0 Å². The average Bonchev–Trinajstić information content (AvgIpc) is 3.65. The van der Waals surface area contributed by atoms with Gasteiger partial charge in [-0.25, -0.2) is 9.97 Å². The lowest BCUT2D eigenvalue weighted by atomic mass is 9.70. The Morgan fingerprint density at radius 2 is 1.08 bits per heavy atom. The molecule has 0 saturated heterocycles. The van der Waals surface area contributed by atoms with Gasteiger partial charge >= 0.3 is 0 Å². The van der Waals surface area contributed by atoms with Crippen molar-refractivity contribution >= 4 is 32.6 Å². The molecule has 0 saturated carbocycles. The summed E-state index contributed by atoms with van der Waals surface area (Å²) in [6, 6.07) is 55.2. The van der Waals surface area contributed by atoms with Crippen molar-refractivity contribution in [2.24, 2.45) is 0 Å². The largest absolute Gasteiger partial charge is 0.264 e. The second-order valence-electron chi connectivity index (χ2n) is 13.1. The quantitative estimate of drug-likeness (QED) is 0.180. The van der Waals surface area contributed by atoms with Gasteiger partial charge in [0.05, 0.1) is 27.8 Å². The van der Waals surface area contributed by atoms with E-state index in [0.29, 0.717) is 0 Å². The highest BCUT2D eigenvalue weighted by Crippen LogP contribution is 2.64. The van der Waals surface area contributed by atoms with E-state index in [9.17, 15) is 0 Å². The summed E-state index contributed by atoms with van der Waals surface area (Å²) in [5.41, 5.74) is 16.3. The van der Waals surface area contributed by atoms with Gasteiger partial charge in [0, 0.05) is 45.1 Å². The molecule has 0 N–H and O–H groups in total. The van der Waals surface area contributed by atoms with Gasteiger partial charge in [0.1, 0.15) is 0 Å². The number of fused-ring (bicyclic) bond motifs is 15. The van der Waals surface area contributed by atoms with E-state index < -0.39 is 0 Å². The van der Waals surface area contributed by atoms with Crippen molar-refractivity contribution in [3.05, 3.63) is 186 Å². The molecule has 49 heavy (non-hydrogen) atoms. The first kappa shape index (κ1) is 26.6. The van der Waals surface area contributed by atoms with E-state index in [2.05, 4.69) is 151 Å². The summed E-state index contributed by atoms with van der Waals surface area (Å²) >= 11 is 0. The van der Waals surface area contributed by atoms with Gasteiger partial charge in [0.2, 0.25) is 0 Å². The van der Waals surface area contributed by atoms with Crippen LogP contribution in [0.3, 0.4) is 0 Å². The summed E-state index contributed by atoms with van der Waals surface area (Å²) in [4.78, 5) is 14.5. The van der Waals surface area contributed by atoms with Crippen LogP contribution in [0.2, 0.25) is 0 Å². The molecule has 3 heteroatoms. The molecule has 0 radical (unpaired) electrons. The Bertz CT molecular complexity index is 2790. The van der Waals surface area contributed by atoms with Crippen molar-refractivity contribution in [1.29, 1.82) is 0 Å². The van der Waals surface area contributed by atoms with Crippen LogP contribution in [-0.2, 0) is 5.41 Å². The predicted molar refractivity (Wildman–Crippen MR) is 200 cm³/mol. The number of pyridine rings is 3. The SMILES string of the molecule is c1ccc2c(c1)-c1ccccc1C21c2ccccc2-c2c1ccc1c(-c3ccc(-c4ccc5cnccc5n4)cc3)nc3ccccc3c21. The van der Waals surface area contributed by atoms with Crippen LogP contribution < -0.4 is 0 Å². The molecule has 0 fully saturated rings. The van der Waals surface area contributed by atoms with E-state index in [1.807, 2.05) is 12.3 Å². The van der Waals surface area contributed by atoms with Crippen LogP contribution >= 0.6 is 0 Å². The first-order valence-corrected chi connectivity index (χ1v) is 16.8. The van der Waals surface area contributed by atoms with Crippen LogP contribution in [0.25, 0.3) is 77.3 Å². The van der Waals surface area contributed by atoms with E-state index in [-0.39, 0.29) is 5.41 Å². The van der Waals surface area contributed by atoms with Gasteiger partial charge in [-0.1, -0.05) is 127 Å². The molecule has 2 aliphatic rings. The van der Waals surface area contributed by atoms with Gasteiger partial charge in [-0.15, -0.1) is 0 Å². The Kier molecular flexibility index (Phi) is 5.31. The van der Waals surface area contributed by atoms with Gasteiger partial charge in [-0.3, -0.25) is 4.98 Å². The maximum absolute atomic E-state index is 5.34. The second-order valence-corrected chi connectivity index (χ2v) is 13.1. The molecule has 3 aromatic heterocycles. The van der Waals surface area contributed by atoms with Crippen LogP contribution in [0.4, 0.5) is 0 Å². The van der Waals surface area contributed by atoms with Gasteiger partial charge < -0.3 is 0 Å². The highest BCUT2D eigenvalue weighted by Gasteiger charge is 2.52. The summed E-state index contributed by atoms with van der Waals surface area (Å²) in [6.45, 7) is 0. The Morgan fingerprint density at radius 3 is 1.86 bits per heavy atom. The topological polar surface area (TPSA) is 38.7 Å². The highest BCUT2D eigenvalue weighted by atomic mass is 14.7. The lowest BCUT2D eigenvalue weighted by molar-refractivity contribution is 0.794. The zero-order valence-corrected chi connectivity index (χ0v) is 26.4. The highest BCUT2D eigenvalue weighted by molar-refractivity contribution is 6.20.